The highest BCUT2D eigenvalue weighted by atomic mass is 16.4. The molecule has 4 amide bonds. The van der Waals surface area contributed by atoms with Crippen LogP contribution < -0.4 is 21.3 Å². The summed E-state index contributed by atoms with van der Waals surface area (Å²) in [4.78, 5) is 45.8. The van der Waals surface area contributed by atoms with Gasteiger partial charge >= 0.3 is 24.0 Å². The molecule has 0 heterocycles. The minimum absolute atomic E-state index is 0.0191. The van der Waals surface area contributed by atoms with Gasteiger partial charge in [-0.2, -0.15) is 0 Å². The van der Waals surface area contributed by atoms with Crippen LogP contribution in [0.4, 0.5) is 9.59 Å². The fourth-order valence-corrected chi connectivity index (χ4v) is 7.71. The lowest BCUT2D eigenvalue weighted by molar-refractivity contribution is -0.138. The van der Waals surface area contributed by atoms with E-state index < -0.39 is 11.9 Å². The van der Waals surface area contributed by atoms with Crippen LogP contribution in [-0.4, -0.2) is 59.4 Å². The van der Waals surface area contributed by atoms with Crippen LogP contribution in [0.25, 0.3) is 0 Å². The molecule has 0 radical (unpaired) electrons. The molecule has 0 aromatic rings. The van der Waals surface area contributed by atoms with Crippen molar-refractivity contribution in [2.24, 2.45) is 11.8 Å². The van der Waals surface area contributed by atoms with Gasteiger partial charge in [0.05, 0.1) is 0 Å². The number of rotatable bonds is 28. The maximum atomic E-state index is 12.4. The largest absolute Gasteiger partial charge is 0.481 e. The van der Waals surface area contributed by atoms with E-state index in [9.17, 15) is 19.2 Å². The Bertz CT molecular complexity index is 817. The molecular formula is C39H72N4O6. The molecule has 0 unspecified atom stereocenters. The van der Waals surface area contributed by atoms with Crippen molar-refractivity contribution in [1.29, 1.82) is 0 Å². The SMILES string of the molecule is O=C(O)CCCCCCCCCCCNC(=O)NC1CCC(CC2CCC(NC(=O)NCCCCCCCCCCCC(=O)O)CC2)CC1. The molecule has 0 atom stereocenters. The van der Waals surface area contributed by atoms with Crippen LogP contribution >= 0.6 is 0 Å². The van der Waals surface area contributed by atoms with Crippen LogP contribution in [0.1, 0.15) is 186 Å². The molecule has 0 bridgehead atoms. The Morgan fingerprint density at radius 1 is 0.408 bits per heavy atom. The minimum Gasteiger partial charge on any atom is -0.481 e. The Morgan fingerprint density at radius 3 is 1.00 bits per heavy atom. The van der Waals surface area contributed by atoms with Crippen molar-refractivity contribution >= 4 is 24.0 Å². The number of unbranched alkanes of at least 4 members (excludes halogenated alkanes) is 16. The Labute approximate surface area is 297 Å². The van der Waals surface area contributed by atoms with Crippen LogP contribution in [0.3, 0.4) is 0 Å². The van der Waals surface area contributed by atoms with Crippen molar-refractivity contribution in [1.82, 2.24) is 21.3 Å². The number of nitrogens with one attached hydrogen (secondary N) is 4. The van der Waals surface area contributed by atoms with Gasteiger partial charge in [-0.05, 0) is 95.3 Å². The topological polar surface area (TPSA) is 157 Å². The quantitative estimate of drug-likeness (QED) is 0.0449. The van der Waals surface area contributed by atoms with E-state index in [0.717, 1.165) is 115 Å². The van der Waals surface area contributed by atoms with Crippen molar-refractivity contribution in [3.63, 3.8) is 0 Å². The third kappa shape index (κ3) is 24.3. The summed E-state index contributed by atoms with van der Waals surface area (Å²) in [5.41, 5.74) is 0. The molecule has 0 aromatic carbocycles. The van der Waals surface area contributed by atoms with E-state index in [1.807, 2.05) is 0 Å². The Morgan fingerprint density at radius 2 is 0.694 bits per heavy atom. The van der Waals surface area contributed by atoms with Gasteiger partial charge in [0.2, 0.25) is 0 Å². The lowest BCUT2D eigenvalue weighted by Crippen LogP contribution is -2.44. The zero-order valence-electron chi connectivity index (χ0n) is 30.8. The van der Waals surface area contributed by atoms with Crippen LogP contribution in [0.5, 0.6) is 0 Å². The van der Waals surface area contributed by atoms with E-state index in [2.05, 4.69) is 21.3 Å². The van der Waals surface area contributed by atoms with Gasteiger partial charge in [0.1, 0.15) is 0 Å². The number of hydrogen-bond donors (Lipinski definition) is 6. The molecule has 0 aliphatic heterocycles. The van der Waals surface area contributed by atoms with Crippen LogP contribution in [-0.2, 0) is 9.59 Å². The van der Waals surface area contributed by atoms with Gasteiger partial charge in [0, 0.05) is 38.0 Å². The van der Waals surface area contributed by atoms with Gasteiger partial charge in [-0.3, -0.25) is 9.59 Å². The maximum Gasteiger partial charge on any atom is 0.315 e. The molecule has 2 fully saturated rings. The fourth-order valence-electron chi connectivity index (χ4n) is 7.71. The number of carbonyl (C=O) groups excluding carboxylic acids is 2. The third-order valence-electron chi connectivity index (χ3n) is 10.7. The molecule has 2 aliphatic rings. The number of urea groups is 2. The Kier molecular flexibility index (Phi) is 24.5. The number of amides is 4. The maximum absolute atomic E-state index is 12.4. The minimum atomic E-state index is -0.695. The Balaban J connectivity index is 1.37. The summed E-state index contributed by atoms with van der Waals surface area (Å²) in [7, 11) is 0. The van der Waals surface area contributed by atoms with E-state index in [-0.39, 0.29) is 24.9 Å². The summed E-state index contributed by atoms with van der Waals surface area (Å²) in [5, 5.41) is 29.8. The first-order chi connectivity index (χ1) is 23.8. The monoisotopic (exact) mass is 693 g/mol. The summed E-state index contributed by atoms with van der Waals surface area (Å²) in [6.45, 7) is 1.47. The molecule has 2 rings (SSSR count). The molecule has 2 saturated carbocycles. The average Bonchev–Trinajstić information content (AvgIpc) is 3.07. The molecular weight excluding hydrogens is 620 g/mol. The van der Waals surface area contributed by atoms with Crippen molar-refractivity contribution in [3.8, 4) is 0 Å². The van der Waals surface area contributed by atoms with Gasteiger partial charge < -0.3 is 31.5 Å². The lowest BCUT2D eigenvalue weighted by Gasteiger charge is -2.34. The first-order valence-corrected chi connectivity index (χ1v) is 20.3. The van der Waals surface area contributed by atoms with E-state index in [1.165, 1.54) is 83.5 Å². The number of carboxylic acids is 2. The predicted octanol–water partition coefficient (Wildman–Crippen LogP) is 9.06. The molecule has 10 nitrogen and oxygen atoms in total. The zero-order valence-corrected chi connectivity index (χ0v) is 30.8. The lowest BCUT2D eigenvalue weighted by atomic mass is 9.75. The van der Waals surface area contributed by atoms with Gasteiger partial charge in [-0.25, -0.2) is 9.59 Å². The highest BCUT2D eigenvalue weighted by molar-refractivity contribution is 5.74. The van der Waals surface area contributed by atoms with E-state index in [1.54, 1.807) is 0 Å². The number of aliphatic carboxylic acids is 2. The highest BCUT2D eigenvalue weighted by Gasteiger charge is 2.28. The normalized spacial score (nSPS) is 20.7. The first kappa shape index (κ1) is 42.6. The molecule has 10 heteroatoms. The van der Waals surface area contributed by atoms with Gasteiger partial charge in [0.15, 0.2) is 0 Å². The first-order valence-electron chi connectivity index (χ1n) is 20.3. The molecule has 0 saturated heterocycles. The molecule has 0 aromatic heterocycles. The van der Waals surface area contributed by atoms with E-state index in [0.29, 0.717) is 12.1 Å². The van der Waals surface area contributed by atoms with Crippen LogP contribution in [0, 0.1) is 11.8 Å². The average molecular weight is 693 g/mol. The summed E-state index contributed by atoms with van der Waals surface area (Å²) in [6, 6.07) is 0.542. The Hall–Kier alpha value is -2.52. The van der Waals surface area contributed by atoms with Crippen LogP contribution in [0.15, 0.2) is 0 Å². The summed E-state index contributed by atoms with van der Waals surface area (Å²) in [5.74, 6) is 0.124. The molecule has 49 heavy (non-hydrogen) atoms. The second-order valence-corrected chi connectivity index (χ2v) is 15.1. The van der Waals surface area contributed by atoms with Gasteiger partial charge in [-0.15, -0.1) is 0 Å². The fraction of sp³-hybridized carbons (Fsp3) is 0.897. The number of carbonyl (C=O) groups is 4. The molecule has 284 valence electrons. The summed E-state index contributed by atoms with van der Waals surface area (Å²) < 4.78 is 0. The van der Waals surface area contributed by atoms with Crippen LogP contribution in [0.2, 0.25) is 0 Å². The molecule has 2 aliphatic carbocycles. The predicted molar refractivity (Wildman–Crippen MR) is 197 cm³/mol. The molecule has 0 spiro atoms. The zero-order chi connectivity index (χ0) is 35.4. The number of hydrogen-bond acceptors (Lipinski definition) is 4. The van der Waals surface area contributed by atoms with Gasteiger partial charge in [-0.1, -0.05) is 89.9 Å². The van der Waals surface area contributed by atoms with E-state index >= 15 is 0 Å². The van der Waals surface area contributed by atoms with E-state index in [4.69, 9.17) is 10.2 Å². The smallest absolute Gasteiger partial charge is 0.315 e. The van der Waals surface area contributed by atoms with Crippen molar-refractivity contribution in [2.45, 2.75) is 198 Å². The highest BCUT2D eigenvalue weighted by Crippen LogP contribution is 2.35. The second kappa shape index (κ2) is 28.2. The second-order valence-electron chi connectivity index (χ2n) is 15.1. The molecule has 6 N–H and O–H groups in total. The van der Waals surface area contributed by atoms with Crippen molar-refractivity contribution < 1.29 is 29.4 Å². The van der Waals surface area contributed by atoms with Gasteiger partial charge in [0.25, 0.3) is 0 Å². The third-order valence-corrected chi connectivity index (χ3v) is 10.7. The standard InChI is InChI=1S/C39H72N4O6/c44-36(45)19-15-11-7-3-1-5-9-13-17-29-40-38(48)42-34-25-21-32(22-26-34)31-33-23-27-35(28-24-33)43-39(49)41-30-18-14-10-6-2-4-8-12-16-20-37(46)47/h32-35H,1-31H2,(H,44,45)(H,46,47)(H2,40,42,48)(H2,41,43,49). The summed E-state index contributed by atoms with van der Waals surface area (Å²) >= 11 is 0. The number of carboxylic acid groups (broad SMARTS) is 2. The van der Waals surface area contributed by atoms with Crippen molar-refractivity contribution in [3.05, 3.63) is 0 Å². The van der Waals surface area contributed by atoms with Crippen molar-refractivity contribution in [2.75, 3.05) is 13.1 Å². The summed E-state index contributed by atoms with van der Waals surface area (Å²) in [6.07, 6.45) is 30.7.